The number of urea groups is 1. The van der Waals surface area contributed by atoms with Crippen molar-refractivity contribution in [1.82, 2.24) is 15.5 Å². The molecule has 2 fully saturated rings. The van der Waals surface area contributed by atoms with Gasteiger partial charge >= 0.3 is 12.0 Å². The van der Waals surface area contributed by atoms with Gasteiger partial charge in [0, 0.05) is 19.6 Å². The topological polar surface area (TPSA) is 98.7 Å². The van der Waals surface area contributed by atoms with Gasteiger partial charge in [-0.3, -0.25) is 9.59 Å². The fraction of sp³-hybridized carbons (Fsp3) is 0.526. The molecule has 1 aliphatic heterocycles. The third-order valence-electron chi connectivity index (χ3n) is 5.34. The Bertz CT molecular complexity index is 671. The van der Waals surface area contributed by atoms with Crippen molar-refractivity contribution < 1.29 is 19.5 Å². The van der Waals surface area contributed by atoms with Crippen LogP contribution in [0.25, 0.3) is 0 Å². The van der Waals surface area contributed by atoms with E-state index in [1.807, 2.05) is 30.3 Å². The molecule has 0 spiro atoms. The van der Waals surface area contributed by atoms with Crippen LogP contribution in [0.5, 0.6) is 0 Å². The number of hydrogen-bond acceptors (Lipinski definition) is 3. The minimum absolute atomic E-state index is 0.145. The molecule has 1 saturated carbocycles. The van der Waals surface area contributed by atoms with E-state index in [2.05, 4.69) is 10.6 Å². The van der Waals surface area contributed by atoms with Gasteiger partial charge in [-0.2, -0.15) is 0 Å². The van der Waals surface area contributed by atoms with E-state index >= 15 is 0 Å². The minimum Gasteiger partial charge on any atom is -0.481 e. The van der Waals surface area contributed by atoms with E-state index in [1.54, 1.807) is 4.90 Å². The highest BCUT2D eigenvalue weighted by molar-refractivity contribution is 5.92. The number of carbonyl (C=O) groups excluding carboxylic acids is 2. The summed E-state index contributed by atoms with van der Waals surface area (Å²) in [5, 5.41) is 14.9. The molecule has 3 amide bonds. The molecule has 3 N–H and O–H groups in total. The normalized spacial score (nSPS) is 21.4. The summed E-state index contributed by atoms with van der Waals surface area (Å²) in [4.78, 5) is 38.2. The summed E-state index contributed by atoms with van der Waals surface area (Å²) < 4.78 is 0. The van der Waals surface area contributed by atoms with E-state index in [4.69, 9.17) is 5.11 Å². The van der Waals surface area contributed by atoms with Crippen LogP contribution in [0.15, 0.2) is 30.3 Å². The Labute approximate surface area is 152 Å². The fourth-order valence-corrected chi connectivity index (χ4v) is 3.86. The minimum atomic E-state index is -0.909. The van der Waals surface area contributed by atoms with Gasteiger partial charge in [-0.05, 0) is 24.8 Å². The SMILES string of the molecule is O=C(NCc1ccccc1)NC1(C(=O)N2CCC(C(=O)O)C2)CCCC1. The molecule has 1 saturated heterocycles. The van der Waals surface area contributed by atoms with Crippen LogP contribution >= 0.6 is 0 Å². The lowest BCUT2D eigenvalue weighted by molar-refractivity contribution is -0.142. The lowest BCUT2D eigenvalue weighted by atomic mass is 9.95. The summed E-state index contributed by atoms with van der Waals surface area (Å²) in [5.41, 5.74) is 0.0760. The molecule has 140 valence electrons. The molecule has 2 aliphatic rings. The van der Waals surface area contributed by atoms with E-state index in [-0.39, 0.29) is 18.5 Å². The molecule has 7 heteroatoms. The van der Waals surface area contributed by atoms with Crippen molar-refractivity contribution >= 4 is 17.9 Å². The molecule has 0 bridgehead atoms. The molecular formula is C19H25N3O4. The zero-order valence-electron chi connectivity index (χ0n) is 14.7. The molecule has 1 atom stereocenters. The number of hydrogen-bond donors (Lipinski definition) is 3. The van der Waals surface area contributed by atoms with Gasteiger partial charge in [-0.1, -0.05) is 43.2 Å². The predicted octanol–water partition coefficient (Wildman–Crippen LogP) is 1.73. The number of nitrogens with zero attached hydrogens (tertiary/aromatic N) is 1. The first-order valence-corrected chi connectivity index (χ1v) is 9.12. The largest absolute Gasteiger partial charge is 0.481 e. The number of carbonyl (C=O) groups is 3. The zero-order valence-corrected chi connectivity index (χ0v) is 14.7. The second-order valence-corrected chi connectivity index (χ2v) is 7.16. The summed E-state index contributed by atoms with van der Waals surface area (Å²) in [5.74, 6) is -1.52. The van der Waals surface area contributed by atoms with Gasteiger partial charge in [-0.25, -0.2) is 4.79 Å². The maximum atomic E-state index is 13.0. The van der Waals surface area contributed by atoms with E-state index in [0.717, 1.165) is 18.4 Å². The Morgan fingerprint density at radius 2 is 1.85 bits per heavy atom. The lowest BCUT2D eigenvalue weighted by Gasteiger charge is -2.33. The van der Waals surface area contributed by atoms with Crippen molar-refractivity contribution in [3.8, 4) is 0 Å². The maximum absolute atomic E-state index is 13.0. The Morgan fingerprint density at radius 1 is 1.15 bits per heavy atom. The van der Waals surface area contributed by atoms with Crippen molar-refractivity contribution in [2.75, 3.05) is 13.1 Å². The van der Waals surface area contributed by atoms with Crippen LogP contribution in [0, 0.1) is 5.92 Å². The smallest absolute Gasteiger partial charge is 0.315 e. The second kappa shape index (κ2) is 7.76. The van der Waals surface area contributed by atoms with Crippen LogP contribution in [-0.4, -0.2) is 46.5 Å². The van der Waals surface area contributed by atoms with Gasteiger partial charge in [0.2, 0.25) is 5.91 Å². The molecule has 26 heavy (non-hydrogen) atoms. The molecule has 0 aromatic heterocycles. The standard InChI is InChI=1S/C19H25N3O4/c23-16(24)15-8-11-22(13-15)17(25)19(9-4-5-10-19)21-18(26)20-12-14-6-2-1-3-7-14/h1-3,6-7,15H,4-5,8-13H2,(H,23,24)(H2,20,21,26). The van der Waals surface area contributed by atoms with E-state index in [0.29, 0.717) is 32.4 Å². The number of likely N-dealkylation sites (tertiary alicyclic amines) is 1. The number of benzene rings is 1. The molecule has 0 radical (unpaired) electrons. The van der Waals surface area contributed by atoms with Crippen LogP contribution in [0.2, 0.25) is 0 Å². The molecule has 1 aliphatic carbocycles. The summed E-state index contributed by atoms with van der Waals surface area (Å²) in [7, 11) is 0. The van der Waals surface area contributed by atoms with Crippen LogP contribution in [0.1, 0.15) is 37.7 Å². The van der Waals surface area contributed by atoms with Crippen LogP contribution in [0.4, 0.5) is 4.79 Å². The van der Waals surface area contributed by atoms with E-state index in [9.17, 15) is 14.4 Å². The van der Waals surface area contributed by atoms with Gasteiger partial charge in [0.05, 0.1) is 5.92 Å². The third-order valence-corrected chi connectivity index (χ3v) is 5.34. The van der Waals surface area contributed by atoms with Gasteiger partial charge in [0.1, 0.15) is 5.54 Å². The number of nitrogens with one attached hydrogen (secondary N) is 2. The summed E-state index contributed by atoms with van der Waals surface area (Å²) in [6.45, 7) is 1.05. The molecular weight excluding hydrogens is 334 g/mol. The highest BCUT2D eigenvalue weighted by Crippen LogP contribution is 2.33. The number of aliphatic carboxylic acids is 1. The van der Waals surface area contributed by atoms with Gasteiger partial charge in [0.15, 0.2) is 0 Å². The maximum Gasteiger partial charge on any atom is 0.315 e. The summed E-state index contributed by atoms with van der Waals surface area (Å²) in [6, 6.07) is 9.21. The van der Waals surface area contributed by atoms with Gasteiger partial charge < -0.3 is 20.6 Å². The highest BCUT2D eigenvalue weighted by atomic mass is 16.4. The van der Waals surface area contributed by atoms with Gasteiger partial charge in [-0.15, -0.1) is 0 Å². The third kappa shape index (κ3) is 3.98. The molecule has 1 heterocycles. The predicted molar refractivity (Wildman–Crippen MR) is 95.3 cm³/mol. The quantitative estimate of drug-likeness (QED) is 0.746. The summed E-state index contributed by atoms with van der Waals surface area (Å²) in [6.07, 6.45) is 3.41. The first kappa shape index (κ1) is 18.2. The lowest BCUT2D eigenvalue weighted by Crippen LogP contribution is -2.59. The van der Waals surface area contributed by atoms with Crippen LogP contribution < -0.4 is 10.6 Å². The van der Waals surface area contributed by atoms with Crippen LogP contribution in [-0.2, 0) is 16.1 Å². The Balaban J connectivity index is 1.61. The Hall–Kier alpha value is -2.57. The Kier molecular flexibility index (Phi) is 5.44. The van der Waals surface area contributed by atoms with Crippen molar-refractivity contribution in [2.45, 2.75) is 44.2 Å². The Morgan fingerprint density at radius 3 is 2.46 bits per heavy atom. The van der Waals surface area contributed by atoms with Gasteiger partial charge in [0.25, 0.3) is 0 Å². The van der Waals surface area contributed by atoms with Crippen molar-refractivity contribution in [2.24, 2.45) is 5.92 Å². The first-order chi connectivity index (χ1) is 12.5. The van der Waals surface area contributed by atoms with Crippen molar-refractivity contribution in [3.63, 3.8) is 0 Å². The molecule has 1 unspecified atom stereocenters. The fourth-order valence-electron chi connectivity index (χ4n) is 3.86. The van der Waals surface area contributed by atoms with Crippen molar-refractivity contribution in [1.29, 1.82) is 0 Å². The number of carboxylic acid groups (broad SMARTS) is 1. The molecule has 3 rings (SSSR count). The van der Waals surface area contributed by atoms with Crippen LogP contribution in [0.3, 0.4) is 0 Å². The average Bonchev–Trinajstić information content (AvgIpc) is 3.31. The summed E-state index contributed by atoms with van der Waals surface area (Å²) >= 11 is 0. The number of amides is 3. The number of rotatable bonds is 5. The average molecular weight is 359 g/mol. The highest BCUT2D eigenvalue weighted by Gasteiger charge is 2.46. The second-order valence-electron chi connectivity index (χ2n) is 7.16. The molecule has 7 nitrogen and oxygen atoms in total. The zero-order chi connectivity index (χ0) is 18.6. The molecule has 1 aromatic carbocycles. The van der Waals surface area contributed by atoms with E-state index in [1.165, 1.54) is 0 Å². The number of carboxylic acids is 1. The monoisotopic (exact) mass is 359 g/mol. The van der Waals surface area contributed by atoms with E-state index < -0.39 is 17.4 Å². The first-order valence-electron chi connectivity index (χ1n) is 9.12. The molecule has 1 aromatic rings. The van der Waals surface area contributed by atoms with Crippen molar-refractivity contribution in [3.05, 3.63) is 35.9 Å².